The summed E-state index contributed by atoms with van der Waals surface area (Å²) in [7, 11) is 0. The highest BCUT2D eigenvalue weighted by Crippen LogP contribution is 2.54. The second-order valence-electron chi connectivity index (χ2n) is 7.07. The fraction of sp³-hybridized carbons (Fsp3) is 0.227. The quantitative estimate of drug-likeness (QED) is 0.528. The van der Waals surface area contributed by atoms with Gasteiger partial charge in [-0.3, -0.25) is 15.0 Å². The molecule has 1 saturated carbocycles. The number of nitriles is 1. The predicted octanol–water partition coefficient (Wildman–Crippen LogP) is 3.41. The van der Waals surface area contributed by atoms with Crippen molar-refractivity contribution in [3.63, 3.8) is 0 Å². The molecule has 3 aromatic rings. The SMILES string of the molecule is Cc1cc(COc2ccc([C@]3(C#N)C[C@@H]3C(=O)NO)cc2)c2ccccc2n1. The number of benzene rings is 2. The van der Waals surface area contributed by atoms with E-state index in [-0.39, 0.29) is 0 Å². The van der Waals surface area contributed by atoms with Crippen LogP contribution in [-0.2, 0) is 16.8 Å². The number of para-hydroxylation sites is 1. The number of fused-ring (bicyclic) bond motifs is 1. The Hall–Kier alpha value is -3.43. The van der Waals surface area contributed by atoms with Crippen molar-refractivity contribution in [1.29, 1.82) is 5.26 Å². The minimum atomic E-state index is -0.871. The van der Waals surface area contributed by atoms with E-state index in [0.717, 1.165) is 27.7 Å². The first kappa shape index (κ1) is 18.0. The smallest absolute Gasteiger partial charge is 0.248 e. The van der Waals surface area contributed by atoms with Gasteiger partial charge in [0.05, 0.1) is 22.9 Å². The van der Waals surface area contributed by atoms with Gasteiger partial charge < -0.3 is 4.74 Å². The van der Waals surface area contributed by atoms with Gasteiger partial charge >= 0.3 is 0 Å². The van der Waals surface area contributed by atoms with Crippen LogP contribution < -0.4 is 10.2 Å². The van der Waals surface area contributed by atoms with E-state index in [1.54, 1.807) is 29.7 Å². The number of nitrogens with one attached hydrogen (secondary N) is 1. The molecule has 1 amide bonds. The summed E-state index contributed by atoms with van der Waals surface area (Å²) in [5.41, 5.74) is 4.45. The summed E-state index contributed by atoms with van der Waals surface area (Å²) in [5.74, 6) is -0.374. The van der Waals surface area contributed by atoms with Crippen molar-refractivity contribution >= 4 is 16.8 Å². The van der Waals surface area contributed by atoms with Crippen molar-refractivity contribution in [2.24, 2.45) is 5.92 Å². The molecule has 0 aliphatic heterocycles. The zero-order valence-corrected chi connectivity index (χ0v) is 15.3. The maximum Gasteiger partial charge on any atom is 0.248 e. The van der Waals surface area contributed by atoms with E-state index in [4.69, 9.17) is 9.94 Å². The van der Waals surface area contributed by atoms with Crippen LogP contribution in [0.25, 0.3) is 10.9 Å². The minimum Gasteiger partial charge on any atom is -0.489 e. The van der Waals surface area contributed by atoms with Crippen LogP contribution in [0, 0.1) is 24.2 Å². The third-order valence-electron chi connectivity index (χ3n) is 5.28. The van der Waals surface area contributed by atoms with Crippen LogP contribution in [0.15, 0.2) is 54.6 Å². The van der Waals surface area contributed by atoms with Gasteiger partial charge in [-0.15, -0.1) is 0 Å². The van der Waals surface area contributed by atoms with Crippen LogP contribution in [-0.4, -0.2) is 16.1 Å². The number of carbonyl (C=O) groups excluding carboxylic acids is 1. The lowest BCUT2D eigenvalue weighted by molar-refractivity contribution is -0.130. The minimum absolute atomic E-state index is 0.401. The maximum atomic E-state index is 11.6. The number of aryl methyl sites for hydroxylation is 1. The molecule has 2 atom stereocenters. The number of aromatic nitrogens is 1. The third-order valence-corrected chi connectivity index (χ3v) is 5.28. The maximum absolute atomic E-state index is 11.6. The van der Waals surface area contributed by atoms with Gasteiger partial charge in [-0.2, -0.15) is 5.26 Å². The van der Waals surface area contributed by atoms with Crippen molar-refractivity contribution < 1.29 is 14.7 Å². The number of hydrogen-bond acceptors (Lipinski definition) is 5. The van der Waals surface area contributed by atoms with Crippen molar-refractivity contribution in [2.75, 3.05) is 0 Å². The molecule has 0 radical (unpaired) electrons. The van der Waals surface area contributed by atoms with Crippen LogP contribution in [0.2, 0.25) is 0 Å². The zero-order valence-electron chi connectivity index (χ0n) is 15.3. The molecule has 28 heavy (non-hydrogen) atoms. The third kappa shape index (κ3) is 3.06. The Balaban J connectivity index is 1.51. The first-order valence-corrected chi connectivity index (χ1v) is 9.01. The van der Waals surface area contributed by atoms with Crippen LogP contribution in [0.5, 0.6) is 5.75 Å². The Bertz CT molecular complexity index is 1090. The molecule has 2 aromatic carbocycles. The van der Waals surface area contributed by atoms with Gasteiger partial charge in [0.1, 0.15) is 12.4 Å². The summed E-state index contributed by atoms with van der Waals surface area (Å²) in [6, 6.07) is 19.4. The van der Waals surface area contributed by atoms with Gasteiger partial charge in [0.15, 0.2) is 0 Å². The second-order valence-corrected chi connectivity index (χ2v) is 7.07. The van der Waals surface area contributed by atoms with Crippen molar-refractivity contribution in [3.8, 4) is 11.8 Å². The Labute approximate surface area is 162 Å². The summed E-state index contributed by atoms with van der Waals surface area (Å²) in [6.45, 7) is 2.36. The molecule has 1 fully saturated rings. The fourth-order valence-corrected chi connectivity index (χ4v) is 3.69. The van der Waals surface area contributed by atoms with E-state index in [0.29, 0.717) is 18.8 Å². The summed E-state index contributed by atoms with van der Waals surface area (Å²) >= 11 is 0. The van der Waals surface area contributed by atoms with Crippen LogP contribution in [0.1, 0.15) is 23.2 Å². The molecule has 1 aromatic heterocycles. The lowest BCUT2D eigenvalue weighted by Gasteiger charge is -2.12. The van der Waals surface area contributed by atoms with Gasteiger partial charge in [0, 0.05) is 16.6 Å². The number of carbonyl (C=O) groups is 1. The molecule has 0 spiro atoms. The topological polar surface area (TPSA) is 95.2 Å². The first-order chi connectivity index (χ1) is 13.6. The van der Waals surface area contributed by atoms with Crippen LogP contribution in [0.4, 0.5) is 0 Å². The summed E-state index contributed by atoms with van der Waals surface area (Å²) in [5, 5.41) is 19.4. The number of rotatable bonds is 5. The van der Waals surface area contributed by atoms with E-state index in [1.807, 2.05) is 37.3 Å². The molecule has 4 rings (SSSR count). The molecule has 6 nitrogen and oxygen atoms in total. The number of hydrogen-bond donors (Lipinski definition) is 2. The highest BCUT2D eigenvalue weighted by Gasteiger charge is 2.60. The molecule has 1 heterocycles. The first-order valence-electron chi connectivity index (χ1n) is 9.01. The average Bonchev–Trinajstić information content (AvgIpc) is 3.48. The van der Waals surface area contributed by atoms with E-state index in [2.05, 4.69) is 11.1 Å². The van der Waals surface area contributed by atoms with Gasteiger partial charge in [-0.1, -0.05) is 30.3 Å². The largest absolute Gasteiger partial charge is 0.489 e. The Morgan fingerprint density at radius 1 is 1.32 bits per heavy atom. The van der Waals surface area contributed by atoms with Gasteiger partial charge in [0.25, 0.3) is 0 Å². The molecule has 0 saturated heterocycles. The standard InChI is InChI=1S/C22H19N3O3/c1-14-10-15(18-4-2-3-5-20(18)24-14)12-28-17-8-6-16(7-9-17)22(13-23)11-19(22)21(26)25-27/h2-10,19,27H,11-12H2,1H3,(H,25,26)/t19-,22-/m1/s1. The van der Waals surface area contributed by atoms with E-state index < -0.39 is 17.2 Å². The Morgan fingerprint density at radius 2 is 2.07 bits per heavy atom. The molecule has 1 aliphatic rings. The Kier molecular flexibility index (Phi) is 4.46. The van der Waals surface area contributed by atoms with Gasteiger partial charge in [-0.25, -0.2) is 5.48 Å². The fourth-order valence-electron chi connectivity index (χ4n) is 3.69. The van der Waals surface area contributed by atoms with E-state index >= 15 is 0 Å². The molecular formula is C22H19N3O3. The molecule has 1 aliphatic carbocycles. The van der Waals surface area contributed by atoms with Crippen LogP contribution >= 0.6 is 0 Å². The number of nitrogens with zero attached hydrogens (tertiary/aromatic N) is 2. The number of pyridine rings is 1. The van der Waals surface area contributed by atoms with Crippen molar-refractivity contribution in [1.82, 2.24) is 10.5 Å². The molecule has 0 bridgehead atoms. The zero-order chi connectivity index (χ0) is 19.7. The molecule has 6 heteroatoms. The summed E-state index contributed by atoms with van der Waals surface area (Å²) in [4.78, 5) is 16.2. The molecule has 140 valence electrons. The van der Waals surface area contributed by atoms with E-state index in [9.17, 15) is 10.1 Å². The van der Waals surface area contributed by atoms with E-state index in [1.165, 1.54) is 0 Å². The molecule has 2 N–H and O–H groups in total. The molecular weight excluding hydrogens is 354 g/mol. The van der Waals surface area contributed by atoms with Crippen molar-refractivity contribution in [3.05, 3.63) is 71.4 Å². The predicted molar refractivity (Wildman–Crippen MR) is 103 cm³/mol. The average molecular weight is 373 g/mol. The number of ether oxygens (including phenoxy) is 1. The van der Waals surface area contributed by atoms with Gasteiger partial charge in [-0.05, 0) is 43.2 Å². The lowest BCUT2D eigenvalue weighted by Crippen LogP contribution is -2.25. The molecule has 0 unspecified atom stereocenters. The monoisotopic (exact) mass is 373 g/mol. The van der Waals surface area contributed by atoms with Crippen LogP contribution in [0.3, 0.4) is 0 Å². The normalized spacial score (nSPS) is 20.4. The lowest BCUT2D eigenvalue weighted by atomic mass is 9.94. The Morgan fingerprint density at radius 3 is 2.79 bits per heavy atom. The highest BCUT2D eigenvalue weighted by molar-refractivity contribution is 5.84. The number of amides is 1. The number of hydroxylamine groups is 1. The highest BCUT2D eigenvalue weighted by atomic mass is 16.5. The van der Waals surface area contributed by atoms with Gasteiger partial charge in [0.2, 0.25) is 5.91 Å². The summed E-state index contributed by atoms with van der Waals surface area (Å²) < 4.78 is 5.94. The summed E-state index contributed by atoms with van der Waals surface area (Å²) in [6.07, 6.45) is 0.401. The second kappa shape index (κ2) is 6.95. The van der Waals surface area contributed by atoms with Crippen molar-refractivity contribution in [2.45, 2.75) is 25.4 Å².